The molecular formula is C72H68N4OSi. The molecule has 11 aromatic rings. The van der Waals surface area contributed by atoms with E-state index in [1.54, 1.807) is 0 Å². The molecule has 0 unspecified atom stereocenters. The lowest BCUT2D eigenvalue weighted by Gasteiger charge is -2.34. The number of para-hydroxylation sites is 2. The summed E-state index contributed by atoms with van der Waals surface area (Å²) in [5.74, 6) is 2.40. The second-order valence-corrected chi connectivity index (χ2v) is 28.0. The van der Waals surface area contributed by atoms with Crippen LogP contribution in [0.4, 0.5) is 22.7 Å². The second-order valence-electron chi connectivity index (χ2n) is 24.2. The van der Waals surface area contributed by atoms with Crippen LogP contribution in [0, 0.1) is 0 Å². The van der Waals surface area contributed by atoms with Gasteiger partial charge in [-0.2, -0.15) is 0 Å². The Bertz CT molecular complexity index is 3860. The molecule has 0 N–H and O–H groups in total. The van der Waals surface area contributed by atoms with Crippen molar-refractivity contribution >= 4 is 73.4 Å². The number of rotatable bonds is 10. The number of benzene rings is 9. The first-order chi connectivity index (χ1) is 37.5. The molecule has 0 amide bonds. The molecule has 0 saturated heterocycles. The summed E-state index contributed by atoms with van der Waals surface area (Å²) in [6.07, 6.45) is 1.95. The molecule has 0 aliphatic carbocycles. The molecular weight excluding hydrogens is 965 g/mol. The molecule has 386 valence electrons. The Hall–Kier alpha value is -8.45. The number of fused-ring (bicyclic) bond motifs is 4. The highest BCUT2D eigenvalue weighted by Crippen LogP contribution is 2.47. The largest absolute Gasteiger partial charge is 0.457 e. The maximum absolute atomic E-state index is 6.93. The van der Waals surface area contributed by atoms with E-state index in [1.165, 1.54) is 60.1 Å². The van der Waals surface area contributed by atoms with Crippen LogP contribution in [-0.4, -0.2) is 24.3 Å². The van der Waals surface area contributed by atoms with E-state index >= 15 is 0 Å². The van der Waals surface area contributed by atoms with Crippen LogP contribution in [0.25, 0.3) is 38.8 Å². The average Bonchev–Trinajstić information content (AvgIpc) is 4.19. The van der Waals surface area contributed by atoms with Gasteiger partial charge in [0.05, 0.1) is 22.4 Å². The zero-order valence-electron chi connectivity index (χ0n) is 46.4. The number of nitrogens with zero attached hydrogens (tertiary/aromatic N) is 4. The molecule has 12 rings (SSSR count). The fourth-order valence-corrected chi connectivity index (χ4v) is 16.4. The summed E-state index contributed by atoms with van der Waals surface area (Å²) in [5, 5.41) is 7.69. The molecule has 6 heteroatoms. The van der Waals surface area contributed by atoms with Gasteiger partial charge in [-0.05, 0) is 138 Å². The topological polar surface area (TPSA) is 33.5 Å². The van der Waals surface area contributed by atoms with Crippen molar-refractivity contribution < 1.29 is 4.74 Å². The molecule has 5 nitrogen and oxygen atoms in total. The van der Waals surface area contributed by atoms with Crippen LogP contribution in [0.15, 0.2) is 237 Å². The minimum absolute atomic E-state index is 0.00507. The van der Waals surface area contributed by atoms with Crippen molar-refractivity contribution in [2.75, 3.05) is 16.5 Å². The molecule has 0 atom stereocenters. The van der Waals surface area contributed by atoms with Crippen LogP contribution < -0.4 is 35.3 Å². The summed E-state index contributed by atoms with van der Waals surface area (Å²) in [5.41, 5.74) is 12.9. The Kier molecular flexibility index (Phi) is 12.6. The van der Waals surface area contributed by atoms with E-state index in [0.717, 1.165) is 50.4 Å². The standard InChI is InChI=1S/C72H68N4OSi/c1-70(2,3)52-39-40-73-69(46-52)76-65-38-35-51(50-23-21-32-62(41-50)78(59-26-13-10-14-27-59,60-28-15-11-16-29-60)61-30-17-12-18-31-61)42-64(65)63-37-36-58(48-68(63)76)77-57-25-22-24-55(47-57)74-49-75(67-34-20-19-33-66(67)74)56-44-53(71(4,5)6)43-54(45-56)72(7,8)9/h10-48H,49H2,1-9H3. The number of hydrogen-bond donors (Lipinski definition) is 0. The molecule has 2 aromatic heterocycles. The number of aromatic nitrogens is 2. The average molecular weight is 1030 g/mol. The van der Waals surface area contributed by atoms with Crippen molar-refractivity contribution in [3.8, 4) is 28.4 Å². The number of hydrogen-bond acceptors (Lipinski definition) is 4. The molecule has 0 bridgehead atoms. The lowest BCUT2D eigenvalue weighted by Crippen LogP contribution is -2.74. The highest BCUT2D eigenvalue weighted by atomic mass is 28.3. The van der Waals surface area contributed by atoms with E-state index in [2.05, 4.69) is 307 Å². The third kappa shape index (κ3) is 9.18. The van der Waals surface area contributed by atoms with Gasteiger partial charge in [-0.25, -0.2) is 4.98 Å². The zero-order valence-corrected chi connectivity index (χ0v) is 47.4. The van der Waals surface area contributed by atoms with Crippen molar-refractivity contribution in [2.45, 2.75) is 78.6 Å². The van der Waals surface area contributed by atoms with E-state index < -0.39 is 8.07 Å². The molecule has 1 aliphatic heterocycles. The van der Waals surface area contributed by atoms with Crippen molar-refractivity contribution in [3.05, 3.63) is 253 Å². The summed E-state index contributed by atoms with van der Waals surface area (Å²) in [4.78, 5) is 9.93. The Balaban J connectivity index is 0.942. The van der Waals surface area contributed by atoms with Gasteiger partial charge >= 0.3 is 0 Å². The molecule has 0 saturated carbocycles. The normalized spacial score (nSPS) is 13.1. The van der Waals surface area contributed by atoms with E-state index in [1.807, 2.05) is 6.20 Å². The van der Waals surface area contributed by atoms with Gasteiger partial charge in [0, 0.05) is 40.5 Å². The molecule has 9 aromatic carbocycles. The summed E-state index contributed by atoms with van der Waals surface area (Å²) in [6, 6.07) is 85.1. The first kappa shape index (κ1) is 50.4. The Morgan fingerprint density at radius 2 is 0.923 bits per heavy atom. The van der Waals surface area contributed by atoms with Crippen LogP contribution >= 0.6 is 0 Å². The van der Waals surface area contributed by atoms with Crippen LogP contribution in [-0.2, 0) is 16.2 Å². The van der Waals surface area contributed by atoms with Crippen LogP contribution in [0.1, 0.15) is 79.0 Å². The fraction of sp³-hybridized carbons (Fsp3) is 0.181. The van der Waals surface area contributed by atoms with E-state index in [9.17, 15) is 0 Å². The van der Waals surface area contributed by atoms with Gasteiger partial charge in [0.1, 0.15) is 24.0 Å². The second kappa shape index (κ2) is 19.5. The molecule has 78 heavy (non-hydrogen) atoms. The first-order valence-electron chi connectivity index (χ1n) is 27.4. The lowest BCUT2D eigenvalue weighted by atomic mass is 9.80. The smallest absolute Gasteiger partial charge is 0.179 e. The summed E-state index contributed by atoms with van der Waals surface area (Å²) in [6.45, 7) is 21.3. The Labute approximate surface area is 462 Å². The highest BCUT2D eigenvalue weighted by Gasteiger charge is 2.41. The van der Waals surface area contributed by atoms with E-state index in [0.29, 0.717) is 6.67 Å². The number of pyridine rings is 1. The maximum atomic E-state index is 6.93. The molecule has 3 heterocycles. The first-order valence-corrected chi connectivity index (χ1v) is 29.4. The minimum atomic E-state index is -2.75. The van der Waals surface area contributed by atoms with Gasteiger partial charge in [-0.1, -0.05) is 208 Å². The Morgan fingerprint density at radius 1 is 0.385 bits per heavy atom. The van der Waals surface area contributed by atoms with Crippen molar-refractivity contribution in [1.82, 2.24) is 9.55 Å². The van der Waals surface area contributed by atoms with Crippen LogP contribution in [0.2, 0.25) is 0 Å². The highest BCUT2D eigenvalue weighted by molar-refractivity contribution is 7.19. The quantitative estimate of drug-likeness (QED) is 0.101. The third-order valence-electron chi connectivity index (χ3n) is 15.9. The van der Waals surface area contributed by atoms with Crippen molar-refractivity contribution in [2.24, 2.45) is 0 Å². The number of ether oxygens (including phenoxy) is 1. The third-order valence-corrected chi connectivity index (χ3v) is 20.7. The van der Waals surface area contributed by atoms with Gasteiger partial charge in [0.2, 0.25) is 0 Å². The molecule has 1 aliphatic rings. The maximum Gasteiger partial charge on any atom is 0.179 e. The van der Waals surface area contributed by atoms with Crippen LogP contribution in [0.3, 0.4) is 0 Å². The number of anilines is 4. The summed E-state index contributed by atoms with van der Waals surface area (Å²) in [7, 11) is -2.75. The monoisotopic (exact) mass is 1030 g/mol. The predicted octanol–water partition coefficient (Wildman–Crippen LogP) is 16.2. The molecule has 0 radical (unpaired) electrons. The molecule has 0 fully saturated rings. The van der Waals surface area contributed by atoms with Gasteiger partial charge in [-0.3, -0.25) is 4.57 Å². The SMILES string of the molecule is CC(C)(C)c1cc(N2CN(c3cccc(Oc4ccc5c6cc(-c7cccc([Si](c8ccccc8)(c8ccccc8)c8ccccc8)c7)ccc6n(-c6cc(C(C)(C)C)ccn6)c5c4)c3)c3ccccc32)cc(C(C)(C)C)c1. The predicted molar refractivity (Wildman–Crippen MR) is 332 cm³/mol. The van der Waals surface area contributed by atoms with E-state index in [-0.39, 0.29) is 16.2 Å². The van der Waals surface area contributed by atoms with E-state index in [4.69, 9.17) is 9.72 Å². The van der Waals surface area contributed by atoms with Gasteiger partial charge in [-0.15, -0.1) is 0 Å². The van der Waals surface area contributed by atoms with Crippen molar-refractivity contribution in [3.63, 3.8) is 0 Å². The Morgan fingerprint density at radius 3 is 1.53 bits per heavy atom. The van der Waals surface area contributed by atoms with Crippen molar-refractivity contribution in [1.29, 1.82) is 0 Å². The lowest BCUT2D eigenvalue weighted by molar-refractivity contribution is 0.483. The zero-order chi connectivity index (χ0) is 54.0. The summed E-state index contributed by atoms with van der Waals surface area (Å²) < 4.78 is 9.25. The summed E-state index contributed by atoms with van der Waals surface area (Å²) >= 11 is 0. The van der Waals surface area contributed by atoms with Crippen LogP contribution in [0.5, 0.6) is 11.5 Å². The van der Waals surface area contributed by atoms with Gasteiger partial charge in [0.15, 0.2) is 8.07 Å². The fourth-order valence-electron chi connectivity index (χ4n) is 11.6. The van der Waals surface area contributed by atoms with Gasteiger partial charge in [0.25, 0.3) is 0 Å². The minimum Gasteiger partial charge on any atom is -0.457 e. The van der Waals surface area contributed by atoms with Gasteiger partial charge < -0.3 is 14.5 Å². The molecule has 0 spiro atoms.